The number of sulfonamides is 1. The first-order valence-corrected chi connectivity index (χ1v) is 7.82. The standard InChI is InChI=1S/C10H5Cl2N3O2S2/c11-7-3-6(4-13)1-2-8(7)15-19(16,17)9-5-14-10(12)18-9/h1-3,5,15H. The van der Waals surface area contributed by atoms with Gasteiger partial charge in [-0.3, -0.25) is 4.72 Å². The Balaban J connectivity index is 2.34. The van der Waals surface area contributed by atoms with Crippen molar-refractivity contribution in [2.24, 2.45) is 0 Å². The first-order chi connectivity index (χ1) is 8.92. The first-order valence-electron chi connectivity index (χ1n) is 4.76. The van der Waals surface area contributed by atoms with E-state index in [4.69, 9.17) is 28.5 Å². The van der Waals surface area contributed by atoms with Crippen LogP contribution in [-0.2, 0) is 10.0 Å². The molecule has 1 aromatic carbocycles. The third-order valence-corrected chi connectivity index (χ3v) is 5.32. The first kappa shape index (κ1) is 14.1. The van der Waals surface area contributed by atoms with Crippen molar-refractivity contribution in [3.8, 4) is 6.07 Å². The van der Waals surface area contributed by atoms with Gasteiger partial charge in [0.25, 0.3) is 10.0 Å². The average molecular weight is 334 g/mol. The summed E-state index contributed by atoms with van der Waals surface area (Å²) in [5.41, 5.74) is 0.527. The topological polar surface area (TPSA) is 82.9 Å². The van der Waals surface area contributed by atoms with Crippen LogP contribution in [0.1, 0.15) is 5.56 Å². The van der Waals surface area contributed by atoms with Crippen molar-refractivity contribution in [2.75, 3.05) is 4.72 Å². The van der Waals surface area contributed by atoms with Crippen LogP contribution in [0.3, 0.4) is 0 Å². The highest BCUT2D eigenvalue weighted by Crippen LogP contribution is 2.28. The molecule has 0 atom stereocenters. The van der Waals surface area contributed by atoms with E-state index in [0.29, 0.717) is 5.56 Å². The number of hydrogen-bond donors (Lipinski definition) is 1. The van der Waals surface area contributed by atoms with Gasteiger partial charge in [0.2, 0.25) is 0 Å². The molecule has 0 unspecified atom stereocenters. The summed E-state index contributed by atoms with van der Waals surface area (Å²) in [6.07, 6.45) is 1.16. The molecule has 0 bridgehead atoms. The maximum atomic E-state index is 12.0. The molecule has 0 saturated heterocycles. The summed E-state index contributed by atoms with van der Waals surface area (Å²) in [6, 6.07) is 6.16. The predicted octanol–water partition coefficient (Wildman–Crippen LogP) is 3.12. The van der Waals surface area contributed by atoms with Crippen molar-refractivity contribution >= 4 is 50.2 Å². The molecule has 0 fully saturated rings. The molecule has 1 N–H and O–H groups in total. The fourth-order valence-corrected chi connectivity index (χ4v) is 3.88. The molecule has 98 valence electrons. The summed E-state index contributed by atoms with van der Waals surface area (Å²) in [5.74, 6) is 0. The molecule has 5 nitrogen and oxygen atoms in total. The van der Waals surface area contributed by atoms with Crippen LogP contribution in [0.4, 0.5) is 5.69 Å². The SMILES string of the molecule is N#Cc1ccc(NS(=O)(=O)c2cnc(Cl)s2)c(Cl)c1. The smallest absolute Gasteiger partial charge is 0.273 e. The molecule has 2 aromatic rings. The number of benzene rings is 1. The highest BCUT2D eigenvalue weighted by molar-refractivity contribution is 7.94. The number of aromatic nitrogens is 1. The Morgan fingerprint density at radius 3 is 2.63 bits per heavy atom. The van der Waals surface area contributed by atoms with Gasteiger partial charge in [-0.2, -0.15) is 5.26 Å². The maximum Gasteiger partial charge on any atom is 0.273 e. The number of nitriles is 1. The zero-order valence-electron chi connectivity index (χ0n) is 9.09. The second kappa shape index (κ2) is 5.35. The molecule has 19 heavy (non-hydrogen) atoms. The fraction of sp³-hybridized carbons (Fsp3) is 0. The minimum atomic E-state index is -3.78. The zero-order chi connectivity index (χ0) is 14.0. The third-order valence-electron chi connectivity index (χ3n) is 2.06. The molecule has 0 aliphatic heterocycles. The van der Waals surface area contributed by atoms with Gasteiger partial charge in [-0.05, 0) is 18.2 Å². The van der Waals surface area contributed by atoms with Crippen LogP contribution in [-0.4, -0.2) is 13.4 Å². The van der Waals surface area contributed by atoms with E-state index in [-0.39, 0.29) is 19.4 Å². The van der Waals surface area contributed by atoms with Crippen molar-refractivity contribution in [3.05, 3.63) is 39.4 Å². The summed E-state index contributed by atoms with van der Waals surface area (Å²) in [5, 5.41) is 8.83. The van der Waals surface area contributed by atoms with Gasteiger partial charge in [-0.25, -0.2) is 13.4 Å². The lowest BCUT2D eigenvalue weighted by Gasteiger charge is -2.07. The van der Waals surface area contributed by atoms with Crippen LogP contribution < -0.4 is 4.72 Å². The minimum Gasteiger partial charge on any atom is -0.277 e. The van der Waals surface area contributed by atoms with E-state index in [9.17, 15) is 8.42 Å². The van der Waals surface area contributed by atoms with Crippen molar-refractivity contribution < 1.29 is 8.42 Å². The van der Waals surface area contributed by atoms with Crippen LogP contribution in [0, 0.1) is 11.3 Å². The Hall–Kier alpha value is -1.33. The van der Waals surface area contributed by atoms with E-state index in [1.165, 1.54) is 18.2 Å². The average Bonchev–Trinajstić information content (AvgIpc) is 2.79. The monoisotopic (exact) mass is 333 g/mol. The third kappa shape index (κ3) is 3.16. The van der Waals surface area contributed by atoms with Gasteiger partial charge in [0, 0.05) is 0 Å². The van der Waals surface area contributed by atoms with Crippen LogP contribution >= 0.6 is 34.5 Å². The summed E-state index contributed by atoms with van der Waals surface area (Å²) in [7, 11) is -3.78. The van der Waals surface area contributed by atoms with Crippen LogP contribution in [0.5, 0.6) is 0 Å². The Kier molecular flexibility index (Phi) is 3.96. The molecule has 0 spiro atoms. The van der Waals surface area contributed by atoms with E-state index < -0.39 is 10.0 Å². The Morgan fingerprint density at radius 1 is 1.37 bits per heavy atom. The Labute approximate surface area is 123 Å². The molecule has 2 rings (SSSR count). The lowest BCUT2D eigenvalue weighted by atomic mass is 10.2. The lowest BCUT2D eigenvalue weighted by Crippen LogP contribution is -2.11. The van der Waals surface area contributed by atoms with Crippen LogP contribution in [0.25, 0.3) is 0 Å². The molecule has 9 heteroatoms. The molecule has 1 aromatic heterocycles. The summed E-state index contributed by atoms with van der Waals surface area (Å²) < 4.78 is 26.4. The maximum absolute atomic E-state index is 12.0. The van der Waals surface area contributed by atoms with Crippen LogP contribution in [0.2, 0.25) is 9.49 Å². The van der Waals surface area contributed by atoms with E-state index in [1.807, 2.05) is 6.07 Å². The van der Waals surface area contributed by atoms with Gasteiger partial charge in [-0.15, -0.1) is 0 Å². The van der Waals surface area contributed by atoms with Gasteiger partial charge < -0.3 is 0 Å². The summed E-state index contributed by atoms with van der Waals surface area (Å²) in [6.45, 7) is 0. The highest BCUT2D eigenvalue weighted by atomic mass is 35.5. The van der Waals surface area contributed by atoms with Gasteiger partial charge in [-0.1, -0.05) is 34.5 Å². The molecule has 1 heterocycles. The fourth-order valence-electron chi connectivity index (χ4n) is 1.23. The molecule has 0 radical (unpaired) electrons. The van der Waals surface area contributed by atoms with Crippen molar-refractivity contribution in [2.45, 2.75) is 4.21 Å². The highest BCUT2D eigenvalue weighted by Gasteiger charge is 2.19. The van der Waals surface area contributed by atoms with E-state index in [2.05, 4.69) is 9.71 Å². The largest absolute Gasteiger partial charge is 0.277 e. The van der Waals surface area contributed by atoms with Crippen molar-refractivity contribution in [1.29, 1.82) is 5.26 Å². The quantitative estimate of drug-likeness (QED) is 0.935. The van der Waals surface area contributed by atoms with Crippen molar-refractivity contribution in [3.63, 3.8) is 0 Å². The van der Waals surface area contributed by atoms with E-state index in [1.54, 1.807) is 0 Å². The van der Waals surface area contributed by atoms with Crippen LogP contribution in [0.15, 0.2) is 28.6 Å². The number of hydrogen-bond acceptors (Lipinski definition) is 5. The molecular weight excluding hydrogens is 329 g/mol. The summed E-state index contributed by atoms with van der Waals surface area (Å²) in [4.78, 5) is 3.66. The Bertz CT molecular complexity index is 765. The Morgan fingerprint density at radius 2 is 2.11 bits per heavy atom. The van der Waals surface area contributed by atoms with E-state index >= 15 is 0 Å². The van der Waals surface area contributed by atoms with Crippen molar-refractivity contribution in [1.82, 2.24) is 4.98 Å². The number of nitrogens with one attached hydrogen (secondary N) is 1. The second-order valence-corrected chi connectivity index (χ2v) is 7.27. The lowest BCUT2D eigenvalue weighted by molar-refractivity contribution is 0.603. The summed E-state index contributed by atoms with van der Waals surface area (Å²) >= 11 is 12.3. The molecule has 0 saturated carbocycles. The number of thiazole rings is 1. The van der Waals surface area contributed by atoms with Gasteiger partial charge in [0.05, 0.1) is 28.5 Å². The molecular formula is C10H5Cl2N3O2S2. The van der Waals surface area contributed by atoms with E-state index in [0.717, 1.165) is 17.5 Å². The van der Waals surface area contributed by atoms with Gasteiger partial charge in [0.15, 0.2) is 8.68 Å². The number of nitrogens with zero attached hydrogens (tertiary/aromatic N) is 2. The molecule has 0 amide bonds. The minimum absolute atomic E-state index is 0.0158. The normalized spacial score (nSPS) is 11.0. The molecule has 0 aliphatic rings. The second-order valence-electron chi connectivity index (χ2n) is 3.34. The number of rotatable bonds is 3. The van der Waals surface area contributed by atoms with Gasteiger partial charge >= 0.3 is 0 Å². The number of anilines is 1. The van der Waals surface area contributed by atoms with Gasteiger partial charge in [0.1, 0.15) is 0 Å². The molecule has 0 aliphatic carbocycles. The number of halogens is 2. The predicted molar refractivity (Wildman–Crippen MR) is 74.1 cm³/mol. The zero-order valence-corrected chi connectivity index (χ0v) is 12.2.